The largest absolute Gasteiger partial charge is 0.416 e. The predicted octanol–water partition coefficient (Wildman–Crippen LogP) is 4.74. The van der Waals surface area contributed by atoms with Crippen molar-refractivity contribution in [3.05, 3.63) is 29.3 Å². The first-order valence-electron chi connectivity index (χ1n) is 10.3. The lowest BCUT2D eigenvalue weighted by Crippen LogP contribution is -2.41. The Balaban J connectivity index is 3.10. The average Bonchev–Trinajstić information content (AvgIpc) is 2.52. The summed E-state index contributed by atoms with van der Waals surface area (Å²) in [6.07, 6.45) is 1.74. The predicted molar refractivity (Wildman–Crippen MR) is 131 cm³/mol. The molecule has 1 aromatic rings. The number of anilines is 1. The van der Waals surface area contributed by atoms with Gasteiger partial charge in [0.1, 0.15) is 0 Å². The fourth-order valence-corrected chi connectivity index (χ4v) is 4.88. The molecule has 30 heavy (non-hydrogen) atoms. The van der Waals surface area contributed by atoms with Gasteiger partial charge in [-0.15, -0.1) is 0 Å². The summed E-state index contributed by atoms with van der Waals surface area (Å²) >= 11 is 0. The van der Waals surface area contributed by atoms with E-state index in [1.54, 1.807) is 6.07 Å². The van der Waals surface area contributed by atoms with E-state index >= 15 is 0 Å². The Bertz CT molecular complexity index is 857. The lowest BCUT2D eigenvalue weighted by molar-refractivity contribution is 0.292. The van der Waals surface area contributed by atoms with Crippen LogP contribution in [0, 0.1) is 0 Å². The van der Waals surface area contributed by atoms with Gasteiger partial charge in [0.15, 0.2) is 8.32 Å². The van der Waals surface area contributed by atoms with Gasteiger partial charge in [0.2, 0.25) is 10.0 Å². The van der Waals surface area contributed by atoms with Gasteiger partial charge >= 0.3 is 0 Å². The molecule has 9 heteroatoms. The minimum Gasteiger partial charge on any atom is -0.416 e. The number of benzene rings is 1. The number of rotatable bonds is 9. The Morgan fingerprint density at radius 3 is 2.17 bits per heavy atom. The van der Waals surface area contributed by atoms with Crippen LogP contribution in [0.15, 0.2) is 18.2 Å². The molecule has 6 nitrogen and oxygen atoms in total. The molecule has 0 unspecified atom stereocenters. The second kappa shape index (κ2) is 9.81. The Hall–Kier alpha value is -0.743. The van der Waals surface area contributed by atoms with Crippen molar-refractivity contribution in [2.75, 3.05) is 17.6 Å². The van der Waals surface area contributed by atoms with Crippen molar-refractivity contribution < 1.29 is 17.1 Å². The van der Waals surface area contributed by atoms with E-state index in [1.165, 1.54) is 0 Å². The zero-order chi connectivity index (χ0) is 23.5. The Morgan fingerprint density at radius 2 is 1.70 bits per heavy atom. The summed E-state index contributed by atoms with van der Waals surface area (Å²) in [5, 5.41) is 0.109. The zero-order valence-electron chi connectivity index (χ0n) is 20.2. The van der Waals surface area contributed by atoms with Crippen molar-refractivity contribution in [3.8, 4) is 0 Å². The summed E-state index contributed by atoms with van der Waals surface area (Å²) in [7, 11) is -6.49. The summed E-state index contributed by atoms with van der Waals surface area (Å²) in [5.74, 6) is 0. The third-order valence-electron chi connectivity index (χ3n) is 5.41. The van der Waals surface area contributed by atoms with E-state index in [-0.39, 0.29) is 15.8 Å². The molecule has 0 spiro atoms. The fourth-order valence-electron chi connectivity index (χ4n) is 2.43. The second-order valence-electron chi connectivity index (χ2n) is 10.4. The van der Waals surface area contributed by atoms with Gasteiger partial charge in [-0.05, 0) is 69.4 Å². The van der Waals surface area contributed by atoms with Crippen molar-refractivity contribution in [2.24, 2.45) is 0 Å². The summed E-state index contributed by atoms with van der Waals surface area (Å²) in [6, 6.07) is 5.47. The lowest BCUT2D eigenvalue weighted by atomic mass is 10.0. The highest BCUT2D eigenvalue weighted by Crippen LogP contribution is 2.36. The van der Waals surface area contributed by atoms with E-state index in [1.807, 2.05) is 39.8 Å². The topological polar surface area (TPSA) is 84.5 Å². The Morgan fingerprint density at radius 1 is 1.13 bits per heavy atom. The van der Waals surface area contributed by atoms with Crippen LogP contribution in [0.1, 0.15) is 65.6 Å². The maximum Gasteiger partial charge on any atom is 0.229 e. The van der Waals surface area contributed by atoms with E-state index in [2.05, 4.69) is 43.3 Å². The smallest absolute Gasteiger partial charge is 0.229 e. The first-order chi connectivity index (χ1) is 13.3. The van der Waals surface area contributed by atoms with Crippen LogP contribution in [0.25, 0.3) is 0 Å². The monoisotopic (exact) mass is 476 g/mol. The van der Waals surface area contributed by atoms with Gasteiger partial charge < -0.3 is 4.43 Å². The van der Waals surface area contributed by atoms with Crippen molar-refractivity contribution in [1.82, 2.24) is 4.72 Å². The number of hydrogen-bond donors (Lipinski definition) is 2. The van der Waals surface area contributed by atoms with Crippen molar-refractivity contribution in [2.45, 2.75) is 83.8 Å². The Labute approximate surface area is 187 Å². The third kappa shape index (κ3) is 8.41. The minimum atomic E-state index is -3.39. The highest BCUT2D eigenvalue weighted by molar-refractivity contribution is 7.92. The highest BCUT2D eigenvalue weighted by Gasteiger charge is 2.36. The molecule has 0 aliphatic heterocycles. The first-order valence-corrected chi connectivity index (χ1v) is 16.2. The Kier molecular flexibility index (Phi) is 8.93. The molecule has 2 atom stereocenters. The van der Waals surface area contributed by atoms with Gasteiger partial charge in [-0.2, -0.15) is 0 Å². The lowest BCUT2D eigenvalue weighted by Gasteiger charge is -2.36. The van der Waals surface area contributed by atoms with E-state index < -0.39 is 29.3 Å². The molecule has 0 heterocycles. The molecular weight excluding hydrogens is 436 g/mol. The summed E-state index contributed by atoms with van der Waals surface area (Å²) in [5.41, 5.74) is 2.38. The van der Waals surface area contributed by atoms with Gasteiger partial charge in [0, 0.05) is 12.6 Å². The maximum atomic E-state index is 12.5. The molecule has 0 fully saturated rings. The van der Waals surface area contributed by atoms with Crippen LogP contribution >= 0.6 is 0 Å². The minimum absolute atomic E-state index is 0.109. The summed E-state index contributed by atoms with van der Waals surface area (Å²) in [6.45, 7) is 19.2. The van der Waals surface area contributed by atoms with Crippen molar-refractivity contribution in [1.29, 1.82) is 0 Å². The molecule has 1 aromatic carbocycles. The second-order valence-corrected chi connectivity index (χ2v) is 18.9. The van der Waals surface area contributed by atoms with Crippen LogP contribution in [-0.2, 0) is 31.9 Å². The molecule has 0 aromatic heterocycles. The summed E-state index contributed by atoms with van der Waals surface area (Å²) < 4.78 is 47.7. The number of nitrogens with one attached hydrogen (secondary N) is 2. The van der Waals surface area contributed by atoms with Crippen molar-refractivity contribution >= 4 is 35.0 Å². The van der Waals surface area contributed by atoms with Crippen molar-refractivity contribution in [3.63, 3.8) is 0 Å². The van der Waals surface area contributed by atoms with Crippen LogP contribution in [-0.4, -0.2) is 38.6 Å². The molecule has 174 valence electrons. The third-order valence-corrected chi connectivity index (χ3v) is 12.2. The SMILES string of the molecule is C[C@@H](N[S@](=O)C(C)(C)C)c1ccc(NS(C)(=O)=O)c(CCO[Si](C)(C)C(C)(C)C)c1. The molecule has 0 aliphatic carbocycles. The fraction of sp³-hybridized carbons (Fsp3) is 0.714. The quantitative estimate of drug-likeness (QED) is 0.504. The van der Waals surface area contributed by atoms with E-state index in [0.29, 0.717) is 18.7 Å². The van der Waals surface area contributed by atoms with Crippen LogP contribution in [0.5, 0.6) is 0 Å². The molecule has 0 aliphatic rings. The number of sulfonamides is 1. The molecular formula is C21H40N2O4S2Si. The van der Waals surface area contributed by atoms with Crippen LogP contribution in [0.4, 0.5) is 5.69 Å². The average molecular weight is 477 g/mol. The summed E-state index contributed by atoms with van der Waals surface area (Å²) in [4.78, 5) is 0. The van der Waals surface area contributed by atoms with Gasteiger partial charge in [-0.1, -0.05) is 32.9 Å². The molecule has 1 rings (SSSR count). The molecule has 0 saturated heterocycles. The van der Waals surface area contributed by atoms with Gasteiger partial charge in [-0.25, -0.2) is 17.3 Å². The molecule has 0 saturated carbocycles. The van der Waals surface area contributed by atoms with Crippen LogP contribution in [0.3, 0.4) is 0 Å². The van der Waals surface area contributed by atoms with Gasteiger partial charge in [0.05, 0.1) is 27.7 Å². The van der Waals surface area contributed by atoms with Crippen LogP contribution in [0.2, 0.25) is 18.1 Å². The first kappa shape index (κ1) is 27.3. The van der Waals surface area contributed by atoms with E-state index in [0.717, 1.165) is 17.4 Å². The van der Waals surface area contributed by atoms with Gasteiger partial charge in [0.25, 0.3) is 0 Å². The standard InChI is InChI=1S/C21H40N2O4S2Si/c1-16(22-28(24)20(2,3)4)17-11-12-19(23-29(8,25)26)18(15-17)13-14-27-30(9,10)21(5,6)7/h11-12,15-16,22-23H,13-14H2,1-10H3/t16-,28-/m1/s1. The molecule has 0 radical (unpaired) electrons. The number of hydrogen-bond acceptors (Lipinski definition) is 4. The van der Waals surface area contributed by atoms with E-state index in [9.17, 15) is 12.6 Å². The highest BCUT2D eigenvalue weighted by atomic mass is 32.2. The molecule has 0 amide bonds. The normalized spacial score (nSPS) is 15.7. The molecule has 0 bridgehead atoms. The van der Waals surface area contributed by atoms with E-state index in [4.69, 9.17) is 4.43 Å². The zero-order valence-corrected chi connectivity index (χ0v) is 22.8. The van der Waals surface area contributed by atoms with Gasteiger partial charge in [-0.3, -0.25) is 4.72 Å². The molecule has 2 N–H and O–H groups in total. The van der Waals surface area contributed by atoms with Crippen LogP contribution < -0.4 is 9.44 Å². The maximum absolute atomic E-state index is 12.5.